The summed E-state index contributed by atoms with van der Waals surface area (Å²) in [6.07, 6.45) is 0. The van der Waals surface area contributed by atoms with Crippen molar-refractivity contribution in [3.63, 3.8) is 0 Å². The number of carbonyl (C=O) groups is 1. The summed E-state index contributed by atoms with van der Waals surface area (Å²) < 4.78 is 0. The first-order valence-electron chi connectivity index (χ1n) is 2.66. The van der Waals surface area contributed by atoms with E-state index in [2.05, 4.69) is 4.98 Å². The molecule has 0 aromatic carbocycles. The molecule has 0 fully saturated rings. The number of halogens is 2. The van der Waals surface area contributed by atoms with Crippen molar-refractivity contribution in [2.24, 2.45) is 0 Å². The zero-order valence-corrected chi connectivity index (χ0v) is 6.73. The number of hydrogen-bond acceptors (Lipinski definition) is 2. The number of aromatic nitrogens is 1. The molecule has 1 aromatic rings. The summed E-state index contributed by atoms with van der Waals surface area (Å²) in [5.41, 5.74) is -0.223. The molecule has 1 rings (SSSR count). The zero-order valence-electron chi connectivity index (χ0n) is 5.21. The summed E-state index contributed by atoms with van der Waals surface area (Å²) in [7, 11) is 0. The average Bonchev–Trinajstić information content (AvgIpc) is 1.94. The van der Waals surface area contributed by atoms with Crippen molar-refractivity contribution >= 4 is 29.2 Å². The maximum Gasteiger partial charge on any atom is 0.356 e. The van der Waals surface area contributed by atoms with Gasteiger partial charge in [0.1, 0.15) is 5.15 Å². The van der Waals surface area contributed by atoms with E-state index in [0.29, 0.717) is 0 Å². The van der Waals surface area contributed by atoms with Crippen LogP contribution >= 0.6 is 23.2 Å². The van der Waals surface area contributed by atoms with Crippen molar-refractivity contribution in [1.82, 2.24) is 4.98 Å². The van der Waals surface area contributed by atoms with Gasteiger partial charge in [0.2, 0.25) is 0 Å². The van der Waals surface area contributed by atoms with Gasteiger partial charge >= 0.3 is 5.97 Å². The molecule has 0 saturated carbocycles. The van der Waals surface area contributed by atoms with Crippen LogP contribution in [0.5, 0.6) is 0 Å². The molecule has 0 spiro atoms. The van der Waals surface area contributed by atoms with Crippen molar-refractivity contribution in [2.75, 3.05) is 0 Å². The Labute approximate surface area is 72.6 Å². The average molecular weight is 195 g/mol. The smallest absolute Gasteiger partial charge is 0.356 e. The van der Waals surface area contributed by atoms with Crippen LogP contribution in [0.25, 0.3) is 0 Å². The molecule has 5 heteroatoms. The van der Waals surface area contributed by atoms with E-state index < -0.39 is 5.97 Å². The molecule has 1 N–H and O–H groups in total. The van der Waals surface area contributed by atoms with Gasteiger partial charge < -0.3 is 5.11 Å². The van der Waals surface area contributed by atoms with Gasteiger partial charge in [-0.15, -0.1) is 0 Å². The van der Waals surface area contributed by atoms with Crippen molar-refractivity contribution in [2.45, 2.75) is 0 Å². The lowest BCUT2D eigenvalue weighted by Gasteiger charge is -1.96. The van der Waals surface area contributed by atoms with Crippen molar-refractivity contribution in [3.05, 3.63) is 28.0 Å². The maximum atomic E-state index is 10.4. The predicted octanol–water partition coefficient (Wildman–Crippen LogP) is 2.09. The minimum absolute atomic E-state index is 0.0851. The van der Waals surface area contributed by atoms with Crippen LogP contribution in [0.4, 0.5) is 0 Å². The Balaban J connectivity index is 3.23. The molecule has 0 radical (unpaired) electrons. The summed E-state index contributed by atoms with van der Waals surface area (Å²) in [4.78, 5) is 13.9. The second-order valence-corrected chi connectivity index (χ2v) is 2.56. The number of aromatic carboxylic acids is 1. The van der Waals surface area contributed by atoms with Crippen LogP contribution < -0.4 is 0 Å². The number of hydrogen-bond donors (Lipinski definition) is 1. The largest absolute Gasteiger partial charge is 0.476 e. The SMILES string of the molecule is O=C(O)[13c]1[15n][13c](Cl)ccc1Cl. The third kappa shape index (κ3) is 1.82. The summed E-state index contributed by atoms with van der Waals surface area (Å²) in [6, 6.07) is 2.82. The van der Waals surface area contributed by atoms with Crippen LogP contribution in [0, 0.1) is 0 Å². The summed E-state index contributed by atoms with van der Waals surface area (Å²) in [6.45, 7) is 0. The molecule has 0 amide bonds. The Morgan fingerprint density at radius 2 is 2.09 bits per heavy atom. The first kappa shape index (κ1) is 8.30. The van der Waals surface area contributed by atoms with E-state index >= 15 is 0 Å². The molecular weight excluding hydrogens is 192 g/mol. The monoisotopic (exact) mass is 194 g/mol. The van der Waals surface area contributed by atoms with E-state index in [4.69, 9.17) is 28.3 Å². The van der Waals surface area contributed by atoms with Gasteiger partial charge in [-0.05, 0) is 12.1 Å². The maximum absolute atomic E-state index is 10.4. The minimum atomic E-state index is -1.18. The van der Waals surface area contributed by atoms with Gasteiger partial charge in [0, 0.05) is 0 Å². The van der Waals surface area contributed by atoms with Crippen LogP contribution in [-0.4, -0.2) is 16.1 Å². The molecule has 0 atom stereocenters. The summed E-state index contributed by atoms with van der Waals surface area (Å²) >= 11 is 10.9. The fourth-order valence-corrected chi connectivity index (χ4v) is 0.902. The van der Waals surface area contributed by atoms with E-state index in [1.54, 1.807) is 0 Å². The van der Waals surface area contributed by atoms with Crippen molar-refractivity contribution in [1.29, 1.82) is 0 Å². The second-order valence-electron chi connectivity index (χ2n) is 1.77. The third-order valence-corrected chi connectivity index (χ3v) is 1.53. The molecule has 58 valence electrons. The Morgan fingerprint density at radius 3 is 2.55 bits per heavy atom. The number of rotatable bonds is 1. The quantitative estimate of drug-likeness (QED) is 0.697. The van der Waals surface area contributed by atoms with Crippen LogP contribution in [-0.2, 0) is 0 Å². The predicted molar refractivity (Wildman–Crippen MR) is 41.2 cm³/mol. The molecule has 3 nitrogen and oxygen atoms in total. The molecule has 0 unspecified atom stereocenters. The summed E-state index contributed by atoms with van der Waals surface area (Å²) in [5, 5.41) is 8.69. The molecule has 0 aliphatic carbocycles. The number of pyridine rings is 1. The lowest BCUT2D eigenvalue weighted by atomic mass is 10.6. The van der Waals surface area contributed by atoms with Gasteiger partial charge in [0.15, 0.2) is 5.69 Å². The van der Waals surface area contributed by atoms with Gasteiger partial charge in [0.25, 0.3) is 0 Å². The van der Waals surface area contributed by atoms with Gasteiger partial charge in [-0.3, -0.25) is 0 Å². The second kappa shape index (κ2) is 3.07. The van der Waals surface area contributed by atoms with E-state index in [0.717, 1.165) is 0 Å². The van der Waals surface area contributed by atoms with E-state index in [-0.39, 0.29) is 15.9 Å². The van der Waals surface area contributed by atoms with Gasteiger partial charge in [-0.2, -0.15) is 0 Å². The molecule has 1 heterocycles. The van der Waals surface area contributed by atoms with Crippen LogP contribution in [0.3, 0.4) is 0 Å². The lowest BCUT2D eigenvalue weighted by Crippen LogP contribution is -2.00. The highest BCUT2D eigenvalue weighted by atomic mass is 35.5. The molecule has 11 heavy (non-hydrogen) atoms. The van der Waals surface area contributed by atoms with Crippen LogP contribution in [0.1, 0.15) is 10.5 Å². The number of nitrogens with zero attached hydrogens (tertiary/aromatic N) is 1. The molecule has 0 bridgehead atoms. The normalized spacial score (nSPS) is 9.64. The number of carboxylic acid groups (broad SMARTS) is 1. The molecule has 0 aliphatic heterocycles. The lowest BCUT2D eigenvalue weighted by molar-refractivity contribution is 0.0690. The van der Waals surface area contributed by atoms with Crippen molar-refractivity contribution in [3.8, 4) is 0 Å². The number of carboxylic acids is 1. The molecular formula is C6H3Cl2NO2. The van der Waals surface area contributed by atoms with Crippen molar-refractivity contribution < 1.29 is 9.90 Å². The highest BCUT2D eigenvalue weighted by molar-refractivity contribution is 6.34. The first-order valence-corrected chi connectivity index (χ1v) is 3.42. The topological polar surface area (TPSA) is 50.2 Å². The van der Waals surface area contributed by atoms with Gasteiger partial charge in [-0.1, -0.05) is 23.2 Å². The summed E-state index contributed by atoms with van der Waals surface area (Å²) in [5.74, 6) is -1.18. The standard InChI is InChI=1S/C6H3Cl2NO2/c7-3-1-2-4(8)9-5(3)6(10)11/h1-2H,(H,10,11)/i4+1,5+1,9+1. The van der Waals surface area contributed by atoms with E-state index in [9.17, 15) is 4.79 Å². The first-order chi connectivity index (χ1) is 5.11. The van der Waals surface area contributed by atoms with E-state index in [1.165, 1.54) is 12.1 Å². The minimum Gasteiger partial charge on any atom is -0.476 e. The fourth-order valence-electron chi connectivity index (χ4n) is 0.568. The van der Waals surface area contributed by atoms with Crippen LogP contribution in [0.2, 0.25) is 10.2 Å². The highest BCUT2D eigenvalue weighted by Crippen LogP contribution is 2.16. The van der Waals surface area contributed by atoms with Gasteiger partial charge in [0.05, 0.1) is 5.02 Å². The Bertz CT molecular complexity index is 301. The Morgan fingerprint density at radius 1 is 1.45 bits per heavy atom. The Hall–Kier alpha value is -0.800. The molecule has 1 aromatic heterocycles. The van der Waals surface area contributed by atoms with Crippen LogP contribution in [0.15, 0.2) is 12.1 Å². The zero-order chi connectivity index (χ0) is 8.43. The van der Waals surface area contributed by atoms with E-state index in [1.807, 2.05) is 0 Å². The highest BCUT2D eigenvalue weighted by Gasteiger charge is 2.09. The fraction of sp³-hybridized carbons (Fsp3) is 0. The molecule has 0 aliphatic rings. The Kier molecular flexibility index (Phi) is 2.31. The van der Waals surface area contributed by atoms with Gasteiger partial charge in [-0.25, -0.2) is 9.78 Å². The third-order valence-electron chi connectivity index (χ3n) is 1.01. The molecule has 0 saturated heterocycles.